The minimum absolute atomic E-state index is 0.347. The van der Waals surface area contributed by atoms with Gasteiger partial charge in [0, 0.05) is 0 Å². The van der Waals surface area contributed by atoms with Crippen LogP contribution < -0.4 is 10.2 Å². The summed E-state index contributed by atoms with van der Waals surface area (Å²) in [4.78, 5) is 13.2. The highest BCUT2D eigenvalue weighted by molar-refractivity contribution is 6.42. The van der Waals surface area contributed by atoms with E-state index in [1.807, 2.05) is 44.2 Å². The SMILES string of the molecule is Cc1cc(/C=N\NC(=O)C(O)(c2ccccc2)c2ccccc2)cc(C)c1OCc1ccc(Cl)c(Cl)c1. The maximum absolute atomic E-state index is 13.2. The molecule has 5 nitrogen and oxygen atoms in total. The Morgan fingerprint density at radius 2 is 1.46 bits per heavy atom. The number of nitrogens with zero attached hydrogens (tertiary/aromatic N) is 1. The van der Waals surface area contributed by atoms with Crippen LogP contribution in [0.15, 0.2) is 96.1 Å². The Kier molecular flexibility index (Phi) is 8.29. The molecule has 0 atom stereocenters. The number of ether oxygens (including phenoxy) is 1. The number of hydrazone groups is 1. The molecule has 0 aromatic heterocycles. The molecule has 0 radical (unpaired) electrons. The Morgan fingerprint density at radius 1 is 0.892 bits per heavy atom. The fourth-order valence-corrected chi connectivity index (χ4v) is 4.43. The van der Waals surface area contributed by atoms with Crippen molar-refractivity contribution in [3.05, 3.63) is 134 Å². The zero-order valence-corrected chi connectivity index (χ0v) is 21.9. The van der Waals surface area contributed by atoms with Crippen molar-refractivity contribution in [3.8, 4) is 5.75 Å². The van der Waals surface area contributed by atoms with Crippen molar-refractivity contribution in [2.24, 2.45) is 5.10 Å². The van der Waals surface area contributed by atoms with Crippen LogP contribution >= 0.6 is 23.2 Å². The Hall–Kier alpha value is -3.64. The smallest absolute Gasteiger partial charge is 0.281 e. The number of aryl methyl sites for hydroxylation is 2. The van der Waals surface area contributed by atoms with Crippen LogP contribution in [0.2, 0.25) is 10.0 Å². The molecule has 0 heterocycles. The van der Waals surface area contributed by atoms with Crippen molar-refractivity contribution in [3.63, 3.8) is 0 Å². The van der Waals surface area contributed by atoms with E-state index < -0.39 is 11.5 Å². The summed E-state index contributed by atoms with van der Waals surface area (Å²) in [5, 5.41) is 16.6. The van der Waals surface area contributed by atoms with E-state index in [1.165, 1.54) is 6.21 Å². The number of nitrogens with one attached hydrogen (secondary N) is 1. The second kappa shape index (κ2) is 11.6. The Labute approximate surface area is 226 Å². The van der Waals surface area contributed by atoms with E-state index >= 15 is 0 Å². The van der Waals surface area contributed by atoms with Crippen molar-refractivity contribution < 1.29 is 14.6 Å². The number of halogens is 2. The van der Waals surface area contributed by atoms with Gasteiger partial charge in [0.05, 0.1) is 16.3 Å². The molecule has 0 aliphatic carbocycles. The zero-order valence-electron chi connectivity index (χ0n) is 20.4. The topological polar surface area (TPSA) is 70.9 Å². The van der Waals surface area contributed by atoms with E-state index in [1.54, 1.807) is 60.7 Å². The van der Waals surface area contributed by atoms with Crippen LogP contribution in [0, 0.1) is 13.8 Å². The van der Waals surface area contributed by atoms with Crippen molar-refractivity contribution in [1.29, 1.82) is 0 Å². The summed E-state index contributed by atoms with van der Waals surface area (Å²) in [6.07, 6.45) is 1.54. The van der Waals surface area contributed by atoms with Gasteiger partial charge in [-0.2, -0.15) is 5.10 Å². The van der Waals surface area contributed by atoms with Gasteiger partial charge in [0.15, 0.2) is 5.60 Å². The van der Waals surface area contributed by atoms with Gasteiger partial charge in [-0.1, -0.05) is 89.9 Å². The van der Waals surface area contributed by atoms with E-state index in [-0.39, 0.29) is 0 Å². The Morgan fingerprint density at radius 3 is 2.00 bits per heavy atom. The molecule has 0 aliphatic heterocycles. The van der Waals surface area contributed by atoms with Crippen LogP contribution in [0.25, 0.3) is 0 Å². The van der Waals surface area contributed by atoms with Crippen LogP contribution in [-0.2, 0) is 17.0 Å². The first-order valence-corrected chi connectivity index (χ1v) is 12.4. The maximum Gasteiger partial charge on any atom is 0.281 e. The molecule has 2 N–H and O–H groups in total. The lowest BCUT2D eigenvalue weighted by atomic mass is 9.85. The number of amides is 1. The number of carbonyl (C=O) groups excluding carboxylic acids is 1. The molecule has 0 aliphatic rings. The lowest BCUT2D eigenvalue weighted by molar-refractivity contribution is -0.136. The summed E-state index contributed by atoms with van der Waals surface area (Å²) < 4.78 is 6.04. The zero-order chi connectivity index (χ0) is 26.4. The number of hydrogen-bond donors (Lipinski definition) is 2. The highest BCUT2D eigenvalue weighted by atomic mass is 35.5. The monoisotopic (exact) mass is 532 g/mol. The minimum atomic E-state index is -1.89. The van der Waals surface area contributed by atoms with E-state index in [4.69, 9.17) is 27.9 Å². The van der Waals surface area contributed by atoms with Crippen LogP contribution in [0.1, 0.15) is 33.4 Å². The number of benzene rings is 4. The van der Waals surface area contributed by atoms with E-state index in [2.05, 4.69) is 10.5 Å². The van der Waals surface area contributed by atoms with Gasteiger partial charge in [-0.05, 0) is 71.5 Å². The second-order valence-corrected chi connectivity index (χ2v) is 9.48. The molecule has 188 valence electrons. The molecule has 4 aromatic rings. The van der Waals surface area contributed by atoms with Gasteiger partial charge in [0.1, 0.15) is 12.4 Å². The van der Waals surface area contributed by atoms with Crippen molar-refractivity contribution in [2.75, 3.05) is 0 Å². The van der Waals surface area contributed by atoms with Gasteiger partial charge in [0.25, 0.3) is 5.91 Å². The molecule has 0 saturated heterocycles. The average molecular weight is 533 g/mol. The lowest BCUT2D eigenvalue weighted by Gasteiger charge is -2.27. The molecule has 0 unspecified atom stereocenters. The van der Waals surface area contributed by atoms with Gasteiger partial charge < -0.3 is 9.84 Å². The summed E-state index contributed by atoms with van der Waals surface area (Å²) in [5.41, 5.74) is 5.02. The molecular formula is C30H26Cl2N2O3. The van der Waals surface area contributed by atoms with Crippen molar-refractivity contribution in [1.82, 2.24) is 5.43 Å². The number of rotatable bonds is 8. The van der Waals surface area contributed by atoms with Crippen LogP contribution in [0.4, 0.5) is 0 Å². The summed E-state index contributed by atoms with van der Waals surface area (Å²) in [6.45, 7) is 4.23. The highest BCUT2D eigenvalue weighted by Crippen LogP contribution is 2.30. The van der Waals surface area contributed by atoms with Gasteiger partial charge in [-0.25, -0.2) is 5.43 Å². The van der Waals surface area contributed by atoms with Gasteiger partial charge in [-0.15, -0.1) is 0 Å². The van der Waals surface area contributed by atoms with E-state index in [0.29, 0.717) is 27.8 Å². The normalized spacial score (nSPS) is 11.5. The molecule has 0 bridgehead atoms. The van der Waals surface area contributed by atoms with Crippen LogP contribution in [0.5, 0.6) is 5.75 Å². The predicted octanol–water partition coefficient (Wildman–Crippen LogP) is 6.58. The first-order chi connectivity index (χ1) is 17.8. The van der Waals surface area contributed by atoms with Gasteiger partial charge >= 0.3 is 0 Å². The molecule has 0 saturated carbocycles. The fraction of sp³-hybridized carbons (Fsp3) is 0.133. The third-order valence-corrected chi connectivity index (χ3v) is 6.68. The quantitative estimate of drug-likeness (QED) is 0.199. The standard InChI is InChI=1S/C30H26Cl2N2O3/c1-20-15-23(16-21(2)28(20)37-19-22-13-14-26(31)27(32)17-22)18-33-34-29(35)30(36,24-9-5-3-6-10-24)25-11-7-4-8-12-25/h3-18,36H,19H2,1-2H3,(H,34,35)/b33-18-. The predicted molar refractivity (Wildman–Crippen MR) is 148 cm³/mol. The molecule has 0 spiro atoms. The summed E-state index contributed by atoms with van der Waals surface area (Å²) in [6, 6.07) is 26.8. The molecule has 1 amide bonds. The van der Waals surface area contributed by atoms with Crippen LogP contribution in [0.3, 0.4) is 0 Å². The van der Waals surface area contributed by atoms with Crippen LogP contribution in [-0.4, -0.2) is 17.2 Å². The number of carbonyl (C=O) groups is 1. The largest absolute Gasteiger partial charge is 0.488 e. The Bertz CT molecular complexity index is 1360. The molecule has 0 fully saturated rings. The summed E-state index contributed by atoms with van der Waals surface area (Å²) >= 11 is 12.1. The fourth-order valence-electron chi connectivity index (χ4n) is 4.10. The summed E-state index contributed by atoms with van der Waals surface area (Å²) in [7, 11) is 0. The highest BCUT2D eigenvalue weighted by Gasteiger charge is 2.39. The average Bonchev–Trinajstić information content (AvgIpc) is 2.90. The van der Waals surface area contributed by atoms with Gasteiger partial charge in [0.2, 0.25) is 0 Å². The third-order valence-electron chi connectivity index (χ3n) is 5.94. The number of hydrogen-bond acceptors (Lipinski definition) is 4. The molecular weight excluding hydrogens is 507 g/mol. The van der Waals surface area contributed by atoms with Crippen molar-refractivity contribution in [2.45, 2.75) is 26.1 Å². The van der Waals surface area contributed by atoms with E-state index in [0.717, 1.165) is 28.0 Å². The first-order valence-electron chi connectivity index (χ1n) is 11.6. The Balaban J connectivity index is 1.49. The first kappa shape index (κ1) is 26.4. The van der Waals surface area contributed by atoms with E-state index in [9.17, 15) is 9.90 Å². The van der Waals surface area contributed by atoms with Crippen molar-refractivity contribution >= 4 is 35.3 Å². The molecule has 37 heavy (non-hydrogen) atoms. The maximum atomic E-state index is 13.2. The van der Waals surface area contributed by atoms with Gasteiger partial charge in [-0.3, -0.25) is 4.79 Å². The molecule has 4 rings (SSSR count). The number of aliphatic hydroxyl groups is 1. The summed E-state index contributed by atoms with van der Waals surface area (Å²) in [5.74, 6) is 0.103. The molecule has 4 aromatic carbocycles. The molecule has 7 heteroatoms. The lowest BCUT2D eigenvalue weighted by Crippen LogP contribution is -2.43. The minimum Gasteiger partial charge on any atom is -0.488 e. The third kappa shape index (κ3) is 6.03. The second-order valence-electron chi connectivity index (χ2n) is 8.66.